The van der Waals surface area contributed by atoms with Crippen LogP contribution in [0.2, 0.25) is 0 Å². The first-order valence-electron chi connectivity index (χ1n) is 5.28. The summed E-state index contributed by atoms with van der Waals surface area (Å²) in [7, 11) is 0. The molecule has 0 aliphatic heterocycles. The van der Waals surface area contributed by atoms with Gasteiger partial charge >= 0.3 is 5.97 Å². The lowest BCUT2D eigenvalue weighted by atomic mass is 9.89. The first kappa shape index (κ1) is 11.8. The molecular formula is C12H17NO2. The van der Waals surface area contributed by atoms with Crippen molar-refractivity contribution in [3.8, 4) is 6.07 Å². The number of nitrogens with zero attached hydrogens (tertiary/aromatic N) is 1. The van der Waals surface area contributed by atoms with E-state index in [-0.39, 0.29) is 12.1 Å². The summed E-state index contributed by atoms with van der Waals surface area (Å²) >= 11 is 0. The second kappa shape index (κ2) is 4.48. The summed E-state index contributed by atoms with van der Waals surface area (Å²) in [5, 5.41) is 8.89. The Labute approximate surface area is 90.7 Å². The monoisotopic (exact) mass is 207 g/mol. The standard InChI is InChI=1S/C12H17NO2/c1-9(12(2,3)8-13)15-11(14)10-6-4-5-7-10/h6,9H,4-5,7H2,1-3H3. The van der Waals surface area contributed by atoms with Crippen LogP contribution >= 0.6 is 0 Å². The van der Waals surface area contributed by atoms with E-state index in [1.807, 2.05) is 6.08 Å². The summed E-state index contributed by atoms with van der Waals surface area (Å²) in [6, 6.07) is 2.14. The number of hydrogen-bond acceptors (Lipinski definition) is 3. The molecule has 82 valence electrons. The Morgan fingerprint density at radius 3 is 2.80 bits per heavy atom. The van der Waals surface area contributed by atoms with Crippen molar-refractivity contribution in [3.63, 3.8) is 0 Å². The van der Waals surface area contributed by atoms with Crippen LogP contribution in [0, 0.1) is 16.7 Å². The number of ether oxygens (including phenoxy) is 1. The number of esters is 1. The van der Waals surface area contributed by atoms with Crippen LogP contribution in [0.1, 0.15) is 40.0 Å². The van der Waals surface area contributed by atoms with Gasteiger partial charge in [-0.25, -0.2) is 4.79 Å². The molecule has 0 radical (unpaired) electrons. The van der Waals surface area contributed by atoms with Gasteiger partial charge < -0.3 is 4.74 Å². The predicted molar refractivity (Wildman–Crippen MR) is 56.9 cm³/mol. The Hall–Kier alpha value is -1.30. The van der Waals surface area contributed by atoms with Gasteiger partial charge in [0.1, 0.15) is 6.10 Å². The molecule has 0 amide bonds. The Morgan fingerprint density at radius 2 is 2.33 bits per heavy atom. The third-order valence-corrected chi connectivity index (χ3v) is 2.89. The Balaban J connectivity index is 2.56. The molecule has 0 aromatic heterocycles. The van der Waals surface area contributed by atoms with Crippen LogP contribution in [-0.2, 0) is 9.53 Å². The smallest absolute Gasteiger partial charge is 0.333 e. The molecule has 0 N–H and O–H groups in total. The van der Waals surface area contributed by atoms with E-state index in [4.69, 9.17) is 10.00 Å². The molecule has 0 spiro atoms. The van der Waals surface area contributed by atoms with Crippen molar-refractivity contribution >= 4 is 5.97 Å². The molecule has 1 rings (SSSR count). The molecular weight excluding hydrogens is 190 g/mol. The van der Waals surface area contributed by atoms with Gasteiger partial charge in [-0.15, -0.1) is 0 Å². The number of rotatable bonds is 3. The molecule has 0 aromatic carbocycles. The predicted octanol–water partition coefficient (Wildman–Crippen LogP) is 2.58. The van der Waals surface area contributed by atoms with Crippen molar-refractivity contribution in [1.29, 1.82) is 5.26 Å². The lowest BCUT2D eigenvalue weighted by Gasteiger charge is -2.24. The maximum absolute atomic E-state index is 11.6. The summed E-state index contributed by atoms with van der Waals surface area (Å²) in [5.41, 5.74) is 0.130. The molecule has 1 aliphatic rings. The summed E-state index contributed by atoms with van der Waals surface area (Å²) in [5.74, 6) is -0.261. The zero-order chi connectivity index (χ0) is 11.5. The van der Waals surface area contributed by atoms with Gasteiger partial charge in [-0.1, -0.05) is 6.08 Å². The highest BCUT2D eigenvalue weighted by atomic mass is 16.5. The molecule has 3 heteroatoms. The third-order valence-electron chi connectivity index (χ3n) is 2.89. The Kier molecular flexibility index (Phi) is 3.52. The van der Waals surface area contributed by atoms with E-state index in [1.165, 1.54) is 0 Å². The molecule has 0 aromatic rings. The van der Waals surface area contributed by atoms with E-state index in [0.29, 0.717) is 0 Å². The molecule has 1 atom stereocenters. The van der Waals surface area contributed by atoms with Gasteiger partial charge in [0.05, 0.1) is 11.5 Å². The van der Waals surface area contributed by atoms with Crippen molar-refractivity contribution in [2.75, 3.05) is 0 Å². The van der Waals surface area contributed by atoms with Crippen molar-refractivity contribution in [3.05, 3.63) is 11.6 Å². The minimum Gasteiger partial charge on any atom is -0.458 e. The van der Waals surface area contributed by atoms with Crippen LogP contribution in [0.5, 0.6) is 0 Å². The van der Waals surface area contributed by atoms with Crippen molar-refractivity contribution < 1.29 is 9.53 Å². The van der Waals surface area contributed by atoms with Gasteiger partial charge in [0.25, 0.3) is 0 Å². The maximum Gasteiger partial charge on any atom is 0.333 e. The van der Waals surface area contributed by atoms with Gasteiger partial charge in [0.15, 0.2) is 0 Å². The van der Waals surface area contributed by atoms with Crippen LogP contribution in [0.15, 0.2) is 11.6 Å². The fourth-order valence-corrected chi connectivity index (χ4v) is 1.33. The maximum atomic E-state index is 11.6. The Bertz CT molecular complexity index is 323. The van der Waals surface area contributed by atoms with Gasteiger partial charge in [-0.2, -0.15) is 5.26 Å². The fraction of sp³-hybridized carbons (Fsp3) is 0.667. The van der Waals surface area contributed by atoms with Crippen LogP contribution in [0.4, 0.5) is 0 Å². The minimum absolute atomic E-state index is 0.261. The quantitative estimate of drug-likeness (QED) is 0.668. The Morgan fingerprint density at radius 1 is 1.67 bits per heavy atom. The third kappa shape index (κ3) is 2.82. The second-order valence-electron chi connectivity index (χ2n) is 4.50. The normalized spacial score (nSPS) is 17.9. The molecule has 1 aliphatic carbocycles. The second-order valence-corrected chi connectivity index (χ2v) is 4.50. The van der Waals surface area contributed by atoms with E-state index < -0.39 is 5.41 Å². The summed E-state index contributed by atoms with van der Waals surface area (Å²) in [4.78, 5) is 11.6. The lowest BCUT2D eigenvalue weighted by Crippen LogP contribution is -2.30. The number of carbonyl (C=O) groups is 1. The highest BCUT2D eigenvalue weighted by molar-refractivity contribution is 5.89. The minimum atomic E-state index is -0.630. The molecule has 0 saturated heterocycles. The summed E-state index contributed by atoms with van der Waals surface area (Å²) in [6.07, 6.45) is 4.34. The first-order chi connectivity index (χ1) is 6.97. The van der Waals surface area contributed by atoms with E-state index >= 15 is 0 Å². The van der Waals surface area contributed by atoms with Crippen molar-refractivity contribution in [2.24, 2.45) is 5.41 Å². The molecule has 0 saturated carbocycles. The highest BCUT2D eigenvalue weighted by Crippen LogP contribution is 2.25. The first-order valence-corrected chi connectivity index (χ1v) is 5.28. The molecule has 3 nitrogen and oxygen atoms in total. The van der Waals surface area contributed by atoms with Crippen molar-refractivity contribution in [1.82, 2.24) is 0 Å². The number of allylic oxidation sites excluding steroid dienone is 1. The van der Waals surface area contributed by atoms with Crippen LogP contribution in [0.3, 0.4) is 0 Å². The average Bonchev–Trinajstić information content (AvgIpc) is 2.70. The topological polar surface area (TPSA) is 50.1 Å². The van der Waals surface area contributed by atoms with Gasteiger partial charge in [-0.3, -0.25) is 0 Å². The zero-order valence-electron chi connectivity index (χ0n) is 9.54. The summed E-state index contributed by atoms with van der Waals surface area (Å²) < 4.78 is 5.26. The van der Waals surface area contributed by atoms with Gasteiger partial charge in [0, 0.05) is 5.57 Å². The highest BCUT2D eigenvalue weighted by Gasteiger charge is 2.29. The summed E-state index contributed by atoms with van der Waals surface area (Å²) in [6.45, 7) is 5.30. The molecule has 15 heavy (non-hydrogen) atoms. The number of carbonyl (C=O) groups excluding carboxylic acids is 1. The van der Waals surface area contributed by atoms with Crippen LogP contribution in [-0.4, -0.2) is 12.1 Å². The zero-order valence-corrected chi connectivity index (χ0v) is 9.54. The van der Waals surface area contributed by atoms with E-state index in [9.17, 15) is 4.79 Å². The number of hydrogen-bond donors (Lipinski definition) is 0. The van der Waals surface area contributed by atoms with Crippen LogP contribution in [0.25, 0.3) is 0 Å². The van der Waals surface area contributed by atoms with E-state index in [2.05, 4.69) is 6.07 Å². The van der Waals surface area contributed by atoms with Gasteiger partial charge in [0.2, 0.25) is 0 Å². The average molecular weight is 207 g/mol. The number of nitriles is 1. The molecule has 1 unspecified atom stereocenters. The van der Waals surface area contributed by atoms with Gasteiger partial charge in [-0.05, 0) is 40.0 Å². The van der Waals surface area contributed by atoms with Crippen LogP contribution < -0.4 is 0 Å². The lowest BCUT2D eigenvalue weighted by molar-refractivity contribution is -0.147. The fourth-order valence-electron chi connectivity index (χ4n) is 1.33. The molecule has 0 bridgehead atoms. The van der Waals surface area contributed by atoms with E-state index in [0.717, 1.165) is 24.8 Å². The van der Waals surface area contributed by atoms with Crippen molar-refractivity contribution in [2.45, 2.75) is 46.1 Å². The SMILES string of the molecule is CC(OC(=O)C1=CCCC1)C(C)(C)C#N. The molecule has 0 fully saturated rings. The molecule has 0 heterocycles. The van der Waals surface area contributed by atoms with E-state index in [1.54, 1.807) is 20.8 Å². The largest absolute Gasteiger partial charge is 0.458 e.